The maximum Gasteiger partial charge on any atom is 0.270 e. The van der Waals surface area contributed by atoms with Gasteiger partial charge in [-0.3, -0.25) is 19.8 Å². The van der Waals surface area contributed by atoms with Crippen molar-refractivity contribution in [1.29, 1.82) is 0 Å². The number of hydrogen-bond donors (Lipinski definition) is 1. The van der Waals surface area contributed by atoms with Gasteiger partial charge in [0.15, 0.2) is 5.11 Å². The molecule has 1 N–H and O–H groups in total. The van der Waals surface area contributed by atoms with Gasteiger partial charge in [-0.15, -0.1) is 0 Å². The summed E-state index contributed by atoms with van der Waals surface area (Å²) >= 11 is 17.3. The Bertz CT molecular complexity index is 1220. The Hall–Kier alpha value is -2.67. The smallest absolute Gasteiger partial charge is 0.270 e. The van der Waals surface area contributed by atoms with Crippen molar-refractivity contribution in [3.8, 4) is 0 Å². The highest BCUT2D eigenvalue weighted by molar-refractivity contribution is 7.80. The fourth-order valence-electron chi connectivity index (χ4n) is 3.32. The molecule has 2 amide bonds. The van der Waals surface area contributed by atoms with Gasteiger partial charge in [-0.25, -0.2) is 0 Å². The predicted molar refractivity (Wildman–Crippen MR) is 120 cm³/mol. The molecule has 1 fully saturated rings. The summed E-state index contributed by atoms with van der Waals surface area (Å²) in [6.45, 7) is 2.80. The number of aryl methyl sites for hydroxylation is 1. The van der Waals surface area contributed by atoms with Crippen molar-refractivity contribution in [2.24, 2.45) is 0 Å². The third-order valence-electron chi connectivity index (χ3n) is 4.72. The first-order chi connectivity index (χ1) is 13.9. The van der Waals surface area contributed by atoms with Crippen molar-refractivity contribution < 1.29 is 9.59 Å². The molecule has 8 heteroatoms. The van der Waals surface area contributed by atoms with Crippen LogP contribution in [-0.2, 0) is 16.1 Å². The summed E-state index contributed by atoms with van der Waals surface area (Å²) < 4.78 is 2.06. The van der Waals surface area contributed by atoms with Crippen molar-refractivity contribution in [2.45, 2.75) is 13.5 Å². The summed E-state index contributed by atoms with van der Waals surface area (Å²) in [5.74, 6) is -1.06. The molecule has 1 aromatic heterocycles. The molecule has 1 saturated heterocycles. The van der Waals surface area contributed by atoms with E-state index in [9.17, 15) is 9.59 Å². The number of carbonyl (C=O) groups excluding carboxylic acids is 2. The average molecular weight is 444 g/mol. The first-order valence-corrected chi connectivity index (χ1v) is 10.0. The highest BCUT2D eigenvalue weighted by atomic mass is 35.5. The minimum atomic E-state index is -0.537. The average Bonchev–Trinajstić information content (AvgIpc) is 3.05. The molecule has 2 aromatic carbocycles. The number of benzene rings is 2. The summed E-state index contributed by atoms with van der Waals surface area (Å²) in [4.78, 5) is 27.0. The van der Waals surface area contributed by atoms with Gasteiger partial charge in [-0.2, -0.15) is 0 Å². The molecular weight excluding hydrogens is 429 g/mol. The standard InChI is InChI=1S/C21H15Cl2N3O2S/c1-2-25-11-12(14-5-3-4-6-18(14)25)9-15-19(27)24-21(29)26(20(15)28)13-7-8-16(22)17(23)10-13/h3-11H,2H2,1H3,(H,24,27,29). The van der Waals surface area contributed by atoms with E-state index in [4.69, 9.17) is 35.4 Å². The van der Waals surface area contributed by atoms with Gasteiger partial charge in [0, 0.05) is 29.2 Å². The molecule has 1 aliphatic heterocycles. The van der Waals surface area contributed by atoms with Gasteiger partial charge in [0.1, 0.15) is 5.57 Å². The van der Waals surface area contributed by atoms with Crippen LogP contribution in [0.3, 0.4) is 0 Å². The number of aromatic nitrogens is 1. The van der Waals surface area contributed by atoms with E-state index >= 15 is 0 Å². The maximum atomic E-state index is 13.2. The monoisotopic (exact) mass is 443 g/mol. The second-order valence-electron chi connectivity index (χ2n) is 6.44. The number of fused-ring (bicyclic) bond motifs is 1. The number of halogens is 2. The minimum absolute atomic E-state index is 0.00785. The van der Waals surface area contributed by atoms with E-state index in [1.807, 2.05) is 37.4 Å². The maximum absolute atomic E-state index is 13.2. The zero-order chi connectivity index (χ0) is 20.7. The van der Waals surface area contributed by atoms with Gasteiger partial charge < -0.3 is 4.57 Å². The quantitative estimate of drug-likeness (QED) is 0.359. The molecule has 0 atom stereocenters. The Kier molecular flexibility index (Phi) is 5.17. The zero-order valence-electron chi connectivity index (χ0n) is 15.3. The number of amides is 2. The van der Waals surface area contributed by atoms with Gasteiger partial charge in [0.25, 0.3) is 11.8 Å². The normalized spacial score (nSPS) is 16.0. The zero-order valence-corrected chi connectivity index (χ0v) is 17.6. The molecule has 2 heterocycles. The largest absolute Gasteiger partial charge is 0.347 e. The summed E-state index contributed by atoms with van der Waals surface area (Å²) in [7, 11) is 0. The molecule has 3 aromatic rings. The van der Waals surface area contributed by atoms with Crippen molar-refractivity contribution in [3.63, 3.8) is 0 Å². The number of nitrogens with zero attached hydrogens (tertiary/aromatic N) is 2. The lowest BCUT2D eigenvalue weighted by Crippen LogP contribution is -2.54. The molecule has 1 aliphatic rings. The van der Waals surface area contributed by atoms with Crippen LogP contribution >= 0.6 is 35.4 Å². The summed E-state index contributed by atoms with van der Waals surface area (Å²) in [6, 6.07) is 12.6. The molecule has 0 spiro atoms. The fraction of sp³-hybridized carbons (Fsp3) is 0.0952. The SMILES string of the molecule is CCn1cc(C=C2C(=O)NC(=S)N(c3ccc(Cl)c(Cl)c3)C2=O)c2ccccc21. The highest BCUT2D eigenvalue weighted by Crippen LogP contribution is 2.30. The van der Waals surface area contributed by atoms with Crippen LogP contribution < -0.4 is 10.2 Å². The minimum Gasteiger partial charge on any atom is -0.347 e. The van der Waals surface area contributed by atoms with Crippen LogP contribution in [0.4, 0.5) is 5.69 Å². The second-order valence-corrected chi connectivity index (χ2v) is 7.64. The number of hydrogen-bond acceptors (Lipinski definition) is 3. The molecule has 5 nitrogen and oxygen atoms in total. The van der Waals surface area contributed by atoms with Gasteiger partial charge in [0.2, 0.25) is 0 Å². The van der Waals surface area contributed by atoms with Crippen LogP contribution in [-0.4, -0.2) is 21.5 Å². The van der Waals surface area contributed by atoms with E-state index in [0.29, 0.717) is 10.7 Å². The molecule has 0 saturated carbocycles. The third kappa shape index (κ3) is 3.44. The molecule has 4 rings (SSSR count). The van der Waals surface area contributed by atoms with E-state index in [-0.39, 0.29) is 15.7 Å². The number of nitrogens with one attached hydrogen (secondary N) is 1. The summed E-state index contributed by atoms with van der Waals surface area (Å²) in [5.41, 5.74) is 2.23. The van der Waals surface area contributed by atoms with E-state index in [2.05, 4.69) is 9.88 Å². The fourth-order valence-corrected chi connectivity index (χ4v) is 3.90. The van der Waals surface area contributed by atoms with E-state index in [1.54, 1.807) is 18.2 Å². The number of rotatable bonds is 3. The molecular formula is C21H15Cl2N3O2S. The van der Waals surface area contributed by atoms with Crippen molar-refractivity contribution in [3.05, 3.63) is 69.8 Å². The van der Waals surface area contributed by atoms with Crippen LogP contribution in [0.2, 0.25) is 10.0 Å². The summed E-state index contributed by atoms with van der Waals surface area (Å²) in [5, 5.41) is 4.17. The van der Waals surface area contributed by atoms with Crippen LogP contribution in [0.1, 0.15) is 12.5 Å². The van der Waals surface area contributed by atoms with Crippen molar-refractivity contribution in [2.75, 3.05) is 4.90 Å². The Morgan fingerprint density at radius 1 is 1.10 bits per heavy atom. The molecule has 0 bridgehead atoms. The van der Waals surface area contributed by atoms with E-state index < -0.39 is 11.8 Å². The predicted octanol–water partition coefficient (Wildman–Crippen LogP) is 4.80. The van der Waals surface area contributed by atoms with Gasteiger partial charge in [-0.1, -0.05) is 41.4 Å². The van der Waals surface area contributed by atoms with Crippen molar-refractivity contribution >= 4 is 75.0 Å². The molecule has 146 valence electrons. The van der Waals surface area contributed by atoms with Crippen molar-refractivity contribution in [1.82, 2.24) is 9.88 Å². The molecule has 29 heavy (non-hydrogen) atoms. The number of anilines is 1. The summed E-state index contributed by atoms with van der Waals surface area (Å²) in [6.07, 6.45) is 3.52. The number of thiocarbonyl (C=S) groups is 1. The Labute approximate surface area is 182 Å². The highest BCUT2D eigenvalue weighted by Gasteiger charge is 2.34. The second kappa shape index (κ2) is 7.63. The molecule has 0 aliphatic carbocycles. The van der Waals surface area contributed by atoms with Gasteiger partial charge >= 0.3 is 0 Å². The third-order valence-corrected chi connectivity index (χ3v) is 5.75. The Balaban J connectivity index is 1.81. The van der Waals surface area contributed by atoms with Crippen LogP contribution in [0.25, 0.3) is 17.0 Å². The van der Waals surface area contributed by atoms with Crippen LogP contribution in [0.15, 0.2) is 54.2 Å². The lowest BCUT2D eigenvalue weighted by atomic mass is 10.1. The van der Waals surface area contributed by atoms with Gasteiger partial charge in [0.05, 0.1) is 15.7 Å². The van der Waals surface area contributed by atoms with Crippen LogP contribution in [0, 0.1) is 0 Å². The van der Waals surface area contributed by atoms with E-state index in [0.717, 1.165) is 23.0 Å². The number of carbonyl (C=O) groups is 2. The first kappa shape index (κ1) is 19.6. The lowest BCUT2D eigenvalue weighted by Gasteiger charge is -2.29. The van der Waals surface area contributed by atoms with Gasteiger partial charge in [-0.05, 0) is 49.5 Å². The lowest BCUT2D eigenvalue weighted by molar-refractivity contribution is -0.122. The number of para-hydroxylation sites is 1. The topological polar surface area (TPSA) is 54.3 Å². The molecule has 0 radical (unpaired) electrons. The first-order valence-electron chi connectivity index (χ1n) is 8.85. The Morgan fingerprint density at radius 3 is 2.59 bits per heavy atom. The Morgan fingerprint density at radius 2 is 1.86 bits per heavy atom. The van der Waals surface area contributed by atoms with Crippen LogP contribution in [0.5, 0.6) is 0 Å². The molecule has 0 unspecified atom stereocenters. The van der Waals surface area contributed by atoms with E-state index in [1.165, 1.54) is 11.0 Å².